The van der Waals surface area contributed by atoms with Crippen LogP contribution in [0.3, 0.4) is 0 Å². The summed E-state index contributed by atoms with van der Waals surface area (Å²) in [6, 6.07) is 21.2. The van der Waals surface area contributed by atoms with E-state index in [0.29, 0.717) is 5.02 Å². The van der Waals surface area contributed by atoms with Gasteiger partial charge in [0.15, 0.2) is 0 Å². The van der Waals surface area contributed by atoms with E-state index in [4.69, 9.17) is 16.0 Å². The number of nitrogens with zero attached hydrogens (tertiary/aromatic N) is 1. The van der Waals surface area contributed by atoms with Crippen molar-refractivity contribution in [3.8, 4) is 11.5 Å². The average Bonchev–Trinajstić information content (AvgIpc) is 3.19. The lowest BCUT2D eigenvalue weighted by molar-refractivity contribution is 0.576. The van der Waals surface area contributed by atoms with Crippen molar-refractivity contribution in [2.45, 2.75) is 23.4 Å². The van der Waals surface area contributed by atoms with Crippen LogP contribution in [0.5, 0.6) is 0 Å². The summed E-state index contributed by atoms with van der Waals surface area (Å²) in [6.45, 7) is 2.20. The summed E-state index contributed by atoms with van der Waals surface area (Å²) < 4.78 is 33.4. The Bertz CT molecular complexity index is 1340. The van der Waals surface area contributed by atoms with Gasteiger partial charge in [0, 0.05) is 21.6 Å². The van der Waals surface area contributed by atoms with E-state index in [9.17, 15) is 8.42 Å². The minimum Gasteiger partial charge on any atom is -0.419 e. The highest BCUT2D eigenvalue weighted by Crippen LogP contribution is 2.34. The smallest absolute Gasteiger partial charge is 0.234 e. The first-order chi connectivity index (χ1) is 14.9. The summed E-state index contributed by atoms with van der Waals surface area (Å²) in [4.78, 5) is 4.51. The minimum atomic E-state index is -3.92. The fourth-order valence-electron chi connectivity index (χ4n) is 3.07. The molecule has 0 amide bonds. The molecule has 0 spiro atoms. The summed E-state index contributed by atoms with van der Waals surface area (Å²) in [6.07, 6.45) is 0. The van der Waals surface area contributed by atoms with Crippen molar-refractivity contribution in [2.24, 2.45) is 0 Å². The third-order valence-corrected chi connectivity index (χ3v) is 7.32. The Morgan fingerprint density at radius 2 is 1.68 bits per heavy atom. The van der Waals surface area contributed by atoms with Crippen LogP contribution < -0.4 is 5.32 Å². The van der Waals surface area contributed by atoms with Gasteiger partial charge in [0.2, 0.25) is 26.6 Å². The van der Waals surface area contributed by atoms with Crippen molar-refractivity contribution >= 4 is 43.3 Å². The fraction of sp³-hybridized carbons (Fsp3) is 0.0870. The Balaban J connectivity index is 1.79. The zero-order chi connectivity index (χ0) is 22.0. The van der Waals surface area contributed by atoms with Gasteiger partial charge in [-0.1, -0.05) is 63.9 Å². The Hall–Kier alpha value is -2.61. The first kappa shape index (κ1) is 21.6. The first-order valence-electron chi connectivity index (χ1n) is 9.41. The second kappa shape index (κ2) is 8.86. The molecule has 0 bridgehead atoms. The van der Waals surface area contributed by atoms with E-state index in [1.54, 1.807) is 18.2 Å². The molecule has 0 unspecified atom stereocenters. The number of nitrogens with one attached hydrogen (secondary N) is 1. The van der Waals surface area contributed by atoms with Gasteiger partial charge >= 0.3 is 0 Å². The van der Waals surface area contributed by atoms with Crippen molar-refractivity contribution in [3.05, 3.63) is 93.4 Å². The van der Waals surface area contributed by atoms with Crippen LogP contribution in [-0.4, -0.2) is 13.4 Å². The predicted octanol–water partition coefficient (Wildman–Crippen LogP) is 6.51. The highest BCUT2D eigenvalue weighted by atomic mass is 79.9. The van der Waals surface area contributed by atoms with Crippen molar-refractivity contribution in [2.75, 3.05) is 5.32 Å². The average molecular weight is 518 g/mol. The van der Waals surface area contributed by atoms with Crippen LogP contribution >= 0.6 is 27.5 Å². The minimum absolute atomic E-state index is 0.0705. The molecule has 31 heavy (non-hydrogen) atoms. The molecular formula is C23H18BrClN2O3S. The van der Waals surface area contributed by atoms with Crippen LogP contribution in [0, 0.1) is 6.92 Å². The van der Waals surface area contributed by atoms with Gasteiger partial charge in [-0.05, 0) is 54.4 Å². The molecule has 4 aromatic rings. The predicted molar refractivity (Wildman–Crippen MR) is 125 cm³/mol. The Kier molecular flexibility index (Phi) is 6.18. The van der Waals surface area contributed by atoms with Gasteiger partial charge in [-0.15, -0.1) is 0 Å². The molecule has 3 aromatic carbocycles. The molecule has 158 valence electrons. The van der Waals surface area contributed by atoms with Crippen molar-refractivity contribution in [1.82, 2.24) is 4.98 Å². The first-order valence-corrected chi connectivity index (χ1v) is 12.1. The lowest BCUT2D eigenvalue weighted by atomic mass is 10.1. The zero-order valence-electron chi connectivity index (χ0n) is 16.5. The number of rotatable bonds is 6. The number of hydrogen-bond donors (Lipinski definition) is 1. The summed E-state index contributed by atoms with van der Waals surface area (Å²) in [5.41, 5.74) is 2.46. The number of benzene rings is 3. The number of anilines is 1. The van der Waals surface area contributed by atoms with Crippen LogP contribution in [0.25, 0.3) is 11.5 Å². The molecule has 0 aliphatic carbocycles. The standard InChI is InChI=1S/C23H18BrClN2O3S/c1-15-6-2-4-8-19(15)21-27-23(31(28,29)18-12-10-17(24)11-13-18)22(30-21)26-14-16-7-3-5-9-20(16)25/h2-13,26H,14H2,1H3. The van der Waals surface area contributed by atoms with E-state index in [0.717, 1.165) is 21.2 Å². The molecule has 4 rings (SSSR count). The van der Waals surface area contributed by atoms with Gasteiger partial charge in [0.25, 0.3) is 0 Å². The lowest BCUT2D eigenvalue weighted by Crippen LogP contribution is -2.07. The maximum Gasteiger partial charge on any atom is 0.234 e. The molecular weight excluding hydrogens is 500 g/mol. The number of oxazole rings is 1. The van der Waals surface area contributed by atoms with E-state index in [-0.39, 0.29) is 28.2 Å². The van der Waals surface area contributed by atoms with E-state index in [1.807, 2.05) is 49.4 Å². The molecule has 1 aromatic heterocycles. The third-order valence-electron chi connectivity index (χ3n) is 4.75. The molecule has 0 fully saturated rings. The number of hydrogen-bond acceptors (Lipinski definition) is 5. The number of aryl methyl sites for hydroxylation is 1. The van der Waals surface area contributed by atoms with Crippen LogP contribution in [-0.2, 0) is 16.4 Å². The molecule has 1 heterocycles. The fourth-order valence-corrected chi connectivity index (χ4v) is 4.82. The van der Waals surface area contributed by atoms with Gasteiger partial charge in [0.05, 0.1) is 4.90 Å². The van der Waals surface area contributed by atoms with Crippen molar-refractivity contribution in [1.29, 1.82) is 0 Å². The number of halogens is 2. The van der Waals surface area contributed by atoms with Crippen LogP contribution in [0.15, 0.2) is 91.6 Å². The van der Waals surface area contributed by atoms with Crippen LogP contribution in [0.4, 0.5) is 5.88 Å². The Morgan fingerprint density at radius 1 is 1.00 bits per heavy atom. The maximum atomic E-state index is 13.4. The quantitative estimate of drug-likeness (QED) is 0.316. The van der Waals surface area contributed by atoms with Gasteiger partial charge in [-0.25, -0.2) is 8.42 Å². The zero-order valence-corrected chi connectivity index (χ0v) is 19.6. The third kappa shape index (κ3) is 4.54. The Morgan fingerprint density at radius 3 is 2.39 bits per heavy atom. The van der Waals surface area contributed by atoms with Gasteiger partial charge in [-0.3, -0.25) is 0 Å². The second-order valence-corrected chi connectivity index (χ2v) is 10.1. The van der Waals surface area contributed by atoms with Gasteiger partial charge in [0.1, 0.15) is 0 Å². The van der Waals surface area contributed by atoms with E-state index < -0.39 is 9.84 Å². The Labute approximate surface area is 194 Å². The topological polar surface area (TPSA) is 72.2 Å². The van der Waals surface area contributed by atoms with E-state index in [1.165, 1.54) is 12.1 Å². The molecule has 8 heteroatoms. The van der Waals surface area contributed by atoms with Crippen LogP contribution in [0.1, 0.15) is 11.1 Å². The molecule has 0 saturated heterocycles. The van der Waals surface area contributed by atoms with Crippen molar-refractivity contribution < 1.29 is 12.8 Å². The molecule has 0 aliphatic rings. The van der Waals surface area contributed by atoms with Gasteiger partial charge < -0.3 is 9.73 Å². The van der Waals surface area contributed by atoms with E-state index in [2.05, 4.69) is 26.2 Å². The lowest BCUT2D eigenvalue weighted by Gasteiger charge is -2.07. The summed E-state index contributed by atoms with van der Waals surface area (Å²) in [5.74, 6) is 0.302. The number of sulfone groups is 1. The highest BCUT2D eigenvalue weighted by Gasteiger charge is 2.29. The normalized spacial score (nSPS) is 11.5. The SMILES string of the molecule is Cc1ccccc1-c1nc(S(=O)(=O)c2ccc(Br)cc2)c(NCc2ccccc2Cl)o1. The number of aromatic nitrogens is 1. The molecule has 0 atom stereocenters. The highest BCUT2D eigenvalue weighted by molar-refractivity contribution is 9.10. The summed E-state index contributed by atoms with van der Waals surface area (Å²) in [5, 5.41) is 3.47. The molecule has 0 aliphatic heterocycles. The van der Waals surface area contributed by atoms with Gasteiger partial charge in [-0.2, -0.15) is 4.98 Å². The molecule has 0 radical (unpaired) electrons. The second-order valence-electron chi connectivity index (χ2n) is 6.87. The monoisotopic (exact) mass is 516 g/mol. The maximum absolute atomic E-state index is 13.4. The van der Waals surface area contributed by atoms with Crippen molar-refractivity contribution in [3.63, 3.8) is 0 Å². The summed E-state index contributed by atoms with van der Waals surface area (Å²) in [7, 11) is -3.92. The molecule has 1 N–H and O–H groups in total. The largest absolute Gasteiger partial charge is 0.419 e. The molecule has 0 saturated carbocycles. The van der Waals surface area contributed by atoms with Crippen LogP contribution in [0.2, 0.25) is 5.02 Å². The van der Waals surface area contributed by atoms with E-state index >= 15 is 0 Å². The molecule has 5 nitrogen and oxygen atoms in total. The summed E-state index contributed by atoms with van der Waals surface area (Å²) >= 11 is 9.57.